The Hall–Kier alpha value is -2.87. The zero-order valence-electron chi connectivity index (χ0n) is 16.7. The lowest BCUT2D eigenvalue weighted by molar-refractivity contribution is 0.0282. The summed E-state index contributed by atoms with van der Waals surface area (Å²) in [4.78, 5) is 28.5. The van der Waals surface area contributed by atoms with Gasteiger partial charge in [0.15, 0.2) is 5.82 Å². The number of fused-ring (bicyclic) bond motifs is 3. The highest BCUT2D eigenvalue weighted by atomic mass is 79.9. The molecule has 1 N–H and O–H groups in total. The number of amides is 1. The second-order valence-corrected chi connectivity index (χ2v) is 8.99. The highest BCUT2D eigenvalue weighted by Crippen LogP contribution is 2.38. The van der Waals surface area contributed by atoms with E-state index in [2.05, 4.69) is 36.2 Å². The van der Waals surface area contributed by atoms with Gasteiger partial charge in [-0.15, -0.1) is 0 Å². The van der Waals surface area contributed by atoms with Crippen LogP contribution in [0.25, 0.3) is 11.4 Å². The van der Waals surface area contributed by atoms with Crippen molar-refractivity contribution >= 4 is 27.7 Å². The molecule has 2 aliphatic heterocycles. The van der Waals surface area contributed by atoms with Gasteiger partial charge in [0.2, 0.25) is 0 Å². The molecule has 1 aromatic carbocycles. The number of pyridine rings is 1. The number of aromatic nitrogens is 3. The predicted molar refractivity (Wildman–Crippen MR) is 119 cm³/mol. The molecule has 1 saturated carbocycles. The van der Waals surface area contributed by atoms with Crippen LogP contribution in [0.4, 0.5) is 10.2 Å². The molecule has 4 heterocycles. The normalized spacial score (nSPS) is 22.4. The van der Waals surface area contributed by atoms with Gasteiger partial charge < -0.3 is 10.2 Å². The Bertz CT molecular complexity index is 1090. The Kier molecular flexibility index (Phi) is 5.40. The van der Waals surface area contributed by atoms with E-state index in [1.807, 2.05) is 17.0 Å². The number of halogens is 2. The van der Waals surface area contributed by atoms with E-state index in [4.69, 9.17) is 0 Å². The third-order valence-corrected chi connectivity index (χ3v) is 6.59. The van der Waals surface area contributed by atoms with Gasteiger partial charge in [0.25, 0.3) is 5.91 Å². The van der Waals surface area contributed by atoms with Gasteiger partial charge in [-0.05, 0) is 77.5 Å². The number of anilines is 1. The fourth-order valence-electron chi connectivity index (χ4n) is 4.72. The van der Waals surface area contributed by atoms with E-state index in [-0.39, 0.29) is 18.0 Å². The molecule has 3 fully saturated rings. The van der Waals surface area contributed by atoms with Crippen molar-refractivity contribution in [2.24, 2.45) is 5.92 Å². The van der Waals surface area contributed by atoms with Gasteiger partial charge in [-0.3, -0.25) is 4.79 Å². The van der Waals surface area contributed by atoms with Crippen molar-refractivity contribution in [2.75, 3.05) is 11.9 Å². The Morgan fingerprint density at radius 2 is 1.97 bits per heavy atom. The zero-order chi connectivity index (χ0) is 21.4. The van der Waals surface area contributed by atoms with Gasteiger partial charge in [0.1, 0.15) is 11.6 Å². The summed E-state index contributed by atoms with van der Waals surface area (Å²) in [7, 11) is 0. The minimum atomic E-state index is -0.445. The number of rotatable bonds is 4. The predicted octanol–water partition coefficient (Wildman–Crippen LogP) is 4.55. The van der Waals surface area contributed by atoms with Gasteiger partial charge in [0, 0.05) is 41.2 Å². The molecule has 2 bridgehead atoms. The van der Waals surface area contributed by atoms with Crippen LogP contribution in [0.2, 0.25) is 0 Å². The fraction of sp³-hybridized carbons (Fsp3) is 0.304. The molecule has 0 spiro atoms. The molecular weight excluding hydrogens is 461 g/mol. The lowest BCUT2D eigenvalue weighted by Crippen LogP contribution is -2.59. The summed E-state index contributed by atoms with van der Waals surface area (Å²) < 4.78 is 15.1. The summed E-state index contributed by atoms with van der Waals surface area (Å²) in [5.41, 5.74) is 0.854. The number of carbonyl (C=O) groups excluding carboxylic acids is 1. The van der Waals surface area contributed by atoms with Crippen LogP contribution < -0.4 is 5.32 Å². The topological polar surface area (TPSA) is 71.0 Å². The quantitative estimate of drug-likeness (QED) is 0.591. The molecule has 0 radical (unpaired) electrons. The Balaban J connectivity index is 1.44. The third-order valence-electron chi connectivity index (χ3n) is 6.12. The molecule has 8 heteroatoms. The van der Waals surface area contributed by atoms with E-state index in [0.717, 1.165) is 29.6 Å². The summed E-state index contributed by atoms with van der Waals surface area (Å²) in [5, 5.41) is 3.51. The molecule has 158 valence electrons. The Labute approximate surface area is 188 Å². The van der Waals surface area contributed by atoms with Gasteiger partial charge >= 0.3 is 0 Å². The molecule has 1 amide bonds. The summed E-state index contributed by atoms with van der Waals surface area (Å²) in [5.74, 6) is 0.997. The molecule has 3 unspecified atom stereocenters. The van der Waals surface area contributed by atoms with E-state index in [1.54, 1.807) is 30.7 Å². The smallest absolute Gasteiger partial charge is 0.255 e. The van der Waals surface area contributed by atoms with E-state index in [9.17, 15) is 9.18 Å². The number of hydrogen-bond donors (Lipinski definition) is 1. The van der Waals surface area contributed by atoms with Crippen molar-refractivity contribution in [1.82, 2.24) is 19.9 Å². The Morgan fingerprint density at radius 1 is 1.13 bits per heavy atom. The van der Waals surface area contributed by atoms with E-state index < -0.39 is 5.82 Å². The van der Waals surface area contributed by atoms with Crippen LogP contribution in [0.3, 0.4) is 0 Å². The monoisotopic (exact) mass is 481 g/mol. The maximum absolute atomic E-state index is 14.1. The van der Waals surface area contributed by atoms with Crippen LogP contribution in [0, 0.1) is 11.7 Å². The maximum Gasteiger partial charge on any atom is 0.255 e. The lowest BCUT2D eigenvalue weighted by atomic mass is 9.76. The molecule has 2 aromatic heterocycles. The first-order valence-corrected chi connectivity index (χ1v) is 11.1. The van der Waals surface area contributed by atoms with Crippen LogP contribution in [-0.4, -0.2) is 44.4 Å². The van der Waals surface area contributed by atoms with Crippen molar-refractivity contribution in [3.8, 4) is 11.4 Å². The Morgan fingerprint density at radius 3 is 2.71 bits per heavy atom. The number of hydrogen-bond acceptors (Lipinski definition) is 5. The van der Waals surface area contributed by atoms with Gasteiger partial charge in [-0.25, -0.2) is 19.3 Å². The summed E-state index contributed by atoms with van der Waals surface area (Å²) in [6.45, 7) is 0.682. The van der Waals surface area contributed by atoms with Crippen molar-refractivity contribution in [2.45, 2.75) is 31.3 Å². The minimum Gasteiger partial charge on any atom is -0.365 e. The zero-order valence-corrected chi connectivity index (χ0v) is 18.3. The largest absolute Gasteiger partial charge is 0.365 e. The standard InChI is InChI=1S/C23H21BrFN5O/c24-15-3-7-21(28-12-15)29-19-10-14-2-6-20(19)30(13-14)23(31)18-11-16(25)4-5-17(18)22-26-8-1-9-27-22/h1,3-5,7-9,11-12,14,19-20H,2,6,10,13H2,(H,28,29). The number of benzene rings is 1. The van der Waals surface area contributed by atoms with Crippen LogP contribution in [0.1, 0.15) is 29.6 Å². The summed E-state index contributed by atoms with van der Waals surface area (Å²) in [6, 6.07) is 9.94. The van der Waals surface area contributed by atoms with E-state index >= 15 is 0 Å². The highest BCUT2D eigenvalue weighted by Gasteiger charge is 2.43. The number of carbonyl (C=O) groups is 1. The van der Waals surface area contributed by atoms with Crippen molar-refractivity contribution in [3.63, 3.8) is 0 Å². The molecule has 1 aliphatic carbocycles. The first-order valence-electron chi connectivity index (χ1n) is 10.3. The highest BCUT2D eigenvalue weighted by molar-refractivity contribution is 9.10. The summed E-state index contributed by atoms with van der Waals surface area (Å²) in [6.07, 6.45) is 7.99. The van der Waals surface area contributed by atoms with Crippen LogP contribution in [-0.2, 0) is 0 Å². The fourth-order valence-corrected chi connectivity index (χ4v) is 4.95. The minimum absolute atomic E-state index is 0.0238. The molecule has 3 aliphatic rings. The van der Waals surface area contributed by atoms with Crippen LogP contribution in [0.15, 0.2) is 59.5 Å². The SMILES string of the molecule is O=C(c1cc(F)ccc1-c1ncccn1)N1CC2CCC1C(Nc1ccc(Br)cn1)C2. The van der Waals surface area contributed by atoms with Crippen molar-refractivity contribution < 1.29 is 9.18 Å². The van der Waals surface area contributed by atoms with E-state index in [0.29, 0.717) is 29.4 Å². The number of piperidine rings is 2. The van der Waals surface area contributed by atoms with Crippen LogP contribution in [0.5, 0.6) is 0 Å². The molecular formula is C23H21BrFN5O. The van der Waals surface area contributed by atoms with Gasteiger partial charge in [-0.1, -0.05) is 0 Å². The second-order valence-electron chi connectivity index (χ2n) is 8.08. The van der Waals surface area contributed by atoms with E-state index in [1.165, 1.54) is 12.1 Å². The average Bonchev–Trinajstić information content (AvgIpc) is 2.81. The average molecular weight is 482 g/mol. The second kappa shape index (κ2) is 8.34. The summed E-state index contributed by atoms with van der Waals surface area (Å²) >= 11 is 3.41. The maximum atomic E-state index is 14.1. The molecule has 3 atom stereocenters. The molecule has 6 nitrogen and oxygen atoms in total. The molecule has 6 rings (SSSR count). The van der Waals surface area contributed by atoms with Crippen LogP contribution >= 0.6 is 15.9 Å². The number of nitrogens with zero attached hydrogens (tertiary/aromatic N) is 4. The van der Waals surface area contributed by atoms with Crippen molar-refractivity contribution in [3.05, 3.63) is 70.8 Å². The van der Waals surface area contributed by atoms with Gasteiger partial charge in [-0.2, -0.15) is 0 Å². The number of nitrogens with one attached hydrogen (secondary N) is 1. The van der Waals surface area contributed by atoms with Gasteiger partial charge in [0.05, 0.1) is 11.6 Å². The first-order chi connectivity index (χ1) is 15.1. The lowest BCUT2D eigenvalue weighted by Gasteiger charge is -2.50. The van der Waals surface area contributed by atoms with Crippen molar-refractivity contribution in [1.29, 1.82) is 0 Å². The first kappa shape index (κ1) is 20.1. The molecule has 2 saturated heterocycles. The molecule has 3 aromatic rings. The third kappa shape index (κ3) is 4.04. The molecule has 31 heavy (non-hydrogen) atoms.